The minimum absolute atomic E-state index is 0.521. The number of hydrogen-bond acceptors (Lipinski definition) is 2. The van der Waals surface area contributed by atoms with Crippen LogP contribution in [0.3, 0.4) is 0 Å². The number of hydrogen-bond donors (Lipinski definition) is 1. The summed E-state index contributed by atoms with van der Waals surface area (Å²) in [5.74, 6) is 0.681. The zero-order valence-corrected chi connectivity index (χ0v) is 12.9. The smallest absolute Gasteiger partial charge is 0.0625 e. The first-order chi connectivity index (χ1) is 8.51. The largest absolute Gasteiger partial charge is 0.312 e. The van der Waals surface area contributed by atoms with Crippen LogP contribution in [0.15, 0.2) is 0 Å². The van der Waals surface area contributed by atoms with Crippen molar-refractivity contribution in [3.05, 3.63) is 17.0 Å². The average Bonchev–Trinajstić information content (AvgIpc) is 2.61. The van der Waals surface area contributed by atoms with E-state index in [0.717, 1.165) is 18.8 Å². The zero-order chi connectivity index (χ0) is 13.7. The van der Waals surface area contributed by atoms with Gasteiger partial charge in [0.25, 0.3) is 0 Å². The van der Waals surface area contributed by atoms with Crippen LogP contribution < -0.4 is 5.32 Å². The lowest BCUT2D eigenvalue weighted by Crippen LogP contribution is -2.39. The fourth-order valence-electron chi connectivity index (χ4n) is 2.21. The van der Waals surface area contributed by atoms with Gasteiger partial charge in [0, 0.05) is 11.7 Å². The molecule has 0 radical (unpaired) electrons. The summed E-state index contributed by atoms with van der Waals surface area (Å²) >= 11 is 0. The maximum Gasteiger partial charge on any atom is 0.0625 e. The molecule has 104 valence electrons. The Morgan fingerprint density at radius 2 is 1.89 bits per heavy atom. The molecule has 0 saturated heterocycles. The highest BCUT2D eigenvalue weighted by Crippen LogP contribution is 2.15. The van der Waals surface area contributed by atoms with Crippen molar-refractivity contribution in [3.63, 3.8) is 0 Å². The van der Waals surface area contributed by atoms with E-state index in [0.29, 0.717) is 12.0 Å². The van der Waals surface area contributed by atoms with Gasteiger partial charge in [-0.15, -0.1) is 0 Å². The topological polar surface area (TPSA) is 29.9 Å². The Hall–Kier alpha value is -0.830. The molecule has 0 saturated carbocycles. The maximum absolute atomic E-state index is 4.65. The summed E-state index contributed by atoms with van der Waals surface area (Å²) in [6, 6.07) is 0.521. The Morgan fingerprint density at radius 3 is 2.33 bits per heavy atom. The van der Waals surface area contributed by atoms with Gasteiger partial charge in [0.15, 0.2) is 0 Å². The molecule has 2 atom stereocenters. The Bertz CT molecular complexity index is 368. The normalized spacial score (nSPS) is 14.8. The van der Waals surface area contributed by atoms with Crippen LogP contribution in [0.25, 0.3) is 0 Å². The standard InChI is InChI=1S/C15H29N3/c1-7-9-16-15(11(3)8-2)10-18-14(6)12(4)13(5)17-18/h11,15-16H,7-10H2,1-6H3. The second-order valence-corrected chi connectivity index (χ2v) is 5.42. The fourth-order valence-corrected chi connectivity index (χ4v) is 2.21. The van der Waals surface area contributed by atoms with Gasteiger partial charge in [-0.05, 0) is 45.2 Å². The molecule has 1 heterocycles. The van der Waals surface area contributed by atoms with Crippen molar-refractivity contribution in [1.82, 2.24) is 15.1 Å². The van der Waals surface area contributed by atoms with Crippen molar-refractivity contribution < 1.29 is 0 Å². The zero-order valence-electron chi connectivity index (χ0n) is 12.9. The highest BCUT2D eigenvalue weighted by atomic mass is 15.3. The fraction of sp³-hybridized carbons (Fsp3) is 0.800. The van der Waals surface area contributed by atoms with E-state index in [1.54, 1.807) is 0 Å². The van der Waals surface area contributed by atoms with Crippen LogP contribution in [0.4, 0.5) is 0 Å². The van der Waals surface area contributed by atoms with Crippen LogP contribution >= 0.6 is 0 Å². The van der Waals surface area contributed by atoms with Crippen LogP contribution in [0.2, 0.25) is 0 Å². The summed E-state index contributed by atoms with van der Waals surface area (Å²) in [5, 5.41) is 8.31. The minimum Gasteiger partial charge on any atom is -0.312 e. The first kappa shape index (κ1) is 15.2. The molecule has 2 unspecified atom stereocenters. The summed E-state index contributed by atoms with van der Waals surface area (Å²) in [6.45, 7) is 15.3. The predicted molar refractivity (Wildman–Crippen MR) is 78.0 cm³/mol. The molecule has 1 aromatic rings. The molecule has 0 amide bonds. The van der Waals surface area contributed by atoms with Gasteiger partial charge >= 0.3 is 0 Å². The van der Waals surface area contributed by atoms with E-state index in [1.807, 2.05) is 0 Å². The molecule has 0 spiro atoms. The van der Waals surface area contributed by atoms with E-state index < -0.39 is 0 Å². The summed E-state index contributed by atoms with van der Waals surface area (Å²) in [4.78, 5) is 0. The Balaban J connectivity index is 2.78. The van der Waals surface area contributed by atoms with Gasteiger partial charge in [-0.2, -0.15) is 5.10 Å². The molecule has 3 heteroatoms. The SMILES string of the molecule is CCCNC(Cn1nc(C)c(C)c1C)C(C)CC. The lowest BCUT2D eigenvalue weighted by molar-refractivity contribution is 0.316. The number of aromatic nitrogens is 2. The van der Waals surface area contributed by atoms with E-state index in [9.17, 15) is 0 Å². The van der Waals surface area contributed by atoms with E-state index in [-0.39, 0.29) is 0 Å². The van der Waals surface area contributed by atoms with Gasteiger partial charge < -0.3 is 5.32 Å². The van der Waals surface area contributed by atoms with Gasteiger partial charge in [-0.1, -0.05) is 27.2 Å². The summed E-state index contributed by atoms with van der Waals surface area (Å²) in [6.07, 6.45) is 2.39. The maximum atomic E-state index is 4.65. The highest BCUT2D eigenvalue weighted by molar-refractivity contribution is 5.22. The van der Waals surface area contributed by atoms with Crippen molar-refractivity contribution in [2.75, 3.05) is 6.54 Å². The van der Waals surface area contributed by atoms with Crippen molar-refractivity contribution in [3.8, 4) is 0 Å². The molecule has 1 rings (SSSR count). The van der Waals surface area contributed by atoms with Crippen molar-refractivity contribution in [2.45, 2.75) is 67.0 Å². The Labute approximate surface area is 112 Å². The summed E-state index contributed by atoms with van der Waals surface area (Å²) in [7, 11) is 0. The molecular weight excluding hydrogens is 222 g/mol. The Morgan fingerprint density at radius 1 is 1.22 bits per heavy atom. The first-order valence-electron chi connectivity index (χ1n) is 7.25. The molecule has 1 aromatic heterocycles. The number of rotatable bonds is 7. The van der Waals surface area contributed by atoms with Gasteiger partial charge in [-0.25, -0.2) is 0 Å². The van der Waals surface area contributed by atoms with Crippen LogP contribution in [0.5, 0.6) is 0 Å². The molecule has 18 heavy (non-hydrogen) atoms. The van der Waals surface area contributed by atoms with Crippen molar-refractivity contribution in [2.24, 2.45) is 5.92 Å². The van der Waals surface area contributed by atoms with Crippen LogP contribution in [-0.2, 0) is 6.54 Å². The van der Waals surface area contributed by atoms with E-state index >= 15 is 0 Å². The Kier molecular flexibility index (Phi) is 5.86. The third kappa shape index (κ3) is 3.58. The summed E-state index contributed by atoms with van der Waals surface area (Å²) in [5.41, 5.74) is 3.79. The highest BCUT2D eigenvalue weighted by Gasteiger charge is 2.18. The van der Waals surface area contributed by atoms with Gasteiger partial charge in [0.05, 0.1) is 12.2 Å². The molecule has 1 N–H and O–H groups in total. The molecule has 0 aliphatic rings. The summed E-state index contributed by atoms with van der Waals surface area (Å²) < 4.78 is 2.17. The number of nitrogens with zero attached hydrogens (tertiary/aromatic N) is 2. The van der Waals surface area contributed by atoms with E-state index in [4.69, 9.17) is 0 Å². The van der Waals surface area contributed by atoms with Crippen LogP contribution in [0.1, 0.15) is 50.6 Å². The molecule has 3 nitrogen and oxygen atoms in total. The van der Waals surface area contributed by atoms with Crippen molar-refractivity contribution >= 4 is 0 Å². The second-order valence-electron chi connectivity index (χ2n) is 5.42. The monoisotopic (exact) mass is 251 g/mol. The third-order valence-electron chi connectivity index (χ3n) is 4.10. The van der Waals surface area contributed by atoms with Crippen LogP contribution in [0, 0.1) is 26.7 Å². The predicted octanol–water partition coefficient (Wildman–Crippen LogP) is 3.22. The molecule has 0 aromatic carbocycles. The average molecular weight is 251 g/mol. The quantitative estimate of drug-likeness (QED) is 0.806. The second kappa shape index (κ2) is 6.93. The van der Waals surface area contributed by atoms with Gasteiger partial charge in [-0.3, -0.25) is 4.68 Å². The molecule has 0 fully saturated rings. The lowest BCUT2D eigenvalue weighted by atomic mass is 9.99. The molecule has 0 bridgehead atoms. The molecule has 0 aliphatic heterocycles. The van der Waals surface area contributed by atoms with E-state index in [2.05, 4.69) is 56.6 Å². The molecule has 0 aliphatic carbocycles. The lowest BCUT2D eigenvalue weighted by Gasteiger charge is -2.25. The first-order valence-corrected chi connectivity index (χ1v) is 7.25. The van der Waals surface area contributed by atoms with Gasteiger partial charge in [0.1, 0.15) is 0 Å². The van der Waals surface area contributed by atoms with E-state index in [1.165, 1.54) is 24.1 Å². The minimum atomic E-state index is 0.521. The number of aryl methyl sites for hydroxylation is 1. The molecular formula is C15H29N3. The van der Waals surface area contributed by atoms with Gasteiger partial charge in [0.2, 0.25) is 0 Å². The third-order valence-corrected chi connectivity index (χ3v) is 4.10. The van der Waals surface area contributed by atoms with Crippen molar-refractivity contribution in [1.29, 1.82) is 0 Å². The number of nitrogens with one attached hydrogen (secondary N) is 1. The van der Waals surface area contributed by atoms with Crippen LogP contribution in [-0.4, -0.2) is 22.4 Å².